The Morgan fingerprint density at radius 1 is 1.03 bits per heavy atom. The molecule has 1 saturated carbocycles. The van der Waals surface area contributed by atoms with Crippen LogP contribution < -0.4 is 10.1 Å². The van der Waals surface area contributed by atoms with Crippen LogP contribution in [-0.2, 0) is 21.0 Å². The van der Waals surface area contributed by atoms with Crippen molar-refractivity contribution >= 4 is 23.4 Å². The van der Waals surface area contributed by atoms with Crippen molar-refractivity contribution in [2.24, 2.45) is 11.8 Å². The minimum atomic E-state index is -0.368. The smallest absolute Gasteiger partial charge is 0.233 e. The number of hydrogen-bond donors (Lipinski definition) is 1. The highest BCUT2D eigenvalue weighted by atomic mass is 19.1. The van der Waals surface area contributed by atoms with Gasteiger partial charge in [-0.3, -0.25) is 19.3 Å². The van der Waals surface area contributed by atoms with E-state index >= 15 is 0 Å². The number of nitrogens with zero attached hydrogens (tertiary/aromatic N) is 1. The van der Waals surface area contributed by atoms with Gasteiger partial charge in [0.15, 0.2) is 0 Å². The molecule has 2 fully saturated rings. The maximum absolute atomic E-state index is 13.2. The van der Waals surface area contributed by atoms with Crippen molar-refractivity contribution in [3.8, 4) is 5.75 Å². The number of ether oxygens (including phenoxy) is 1. The Kier molecular flexibility index (Phi) is 6.30. The number of carbonyl (C=O) groups is 3. The highest BCUT2D eigenvalue weighted by molar-refractivity contribution is 6.05. The molecule has 2 aliphatic rings. The Hall–Kier alpha value is -3.22. The van der Waals surface area contributed by atoms with Gasteiger partial charge in [0, 0.05) is 24.7 Å². The molecule has 0 aromatic heterocycles. The van der Waals surface area contributed by atoms with Gasteiger partial charge in [0.1, 0.15) is 18.2 Å². The molecule has 31 heavy (non-hydrogen) atoms. The molecule has 0 bridgehead atoms. The van der Waals surface area contributed by atoms with Crippen molar-refractivity contribution in [2.75, 3.05) is 11.9 Å². The Balaban J connectivity index is 1.29. The summed E-state index contributed by atoms with van der Waals surface area (Å²) in [6.07, 6.45) is 3.55. The molecule has 1 aliphatic heterocycles. The van der Waals surface area contributed by atoms with E-state index < -0.39 is 0 Å². The summed E-state index contributed by atoms with van der Waals surface area (Å²) in [7, 11) is 0. The number of fused-ring (bicyclic) bond motifs is 1. The Labute approximate surface area is 180 Å². The largest absolute Gasteiger partial charge is 0.489 e. The van der Waals surface area contributed by atoms with Crippen LogP contribution in [0, 0.1) is 17.7 Å². The summed E-state index contributed by atoms with van der Waals surface area (Å²) in [4.78, 5) is 38.7. The van der Waals surface area contributed by atoms with E-state index in [1.165, 1.54) is 17.0 Å². The molecule has 7 heteroatoms. The molecule has 1 N–H and O–H groups in total. The van der Waals surface area contributed by atoms with Crippen LogP contribution in [0.4, 0.5) is 10.1 Å². The highest BCUT2D eigenvalue weighted by Gasteiger charge is 2.47. The molecule has 2 atom stereocenters. The zero-order chi connectivity index (χ0) is 21.8. The SMILES string of the molecule is O=C(CCN1C(=O)C2CCCCC2C1=O)Nc1cccc(COc2cccc(F)c2)c1. The second-order valence-corrected chi connectivity index (χ2v) is 8.07. The van der Waals surface area contributed by atoms with Gasteiger partial charge in [0.05, 0.1) is 11.8 Å². The number of halogens is 1. The average Bonchev–Trinajstić information content (AvgIpc) is 3.01. The van der Waals surface area contributed by atoms with Gasteiger partial charge in [-0.2, -0.15) is 0 Å². The average molecular weight is 424 g/mol. The first-order chi connectivity index (χ1) is 15.0. The molecule has 162 valence electrons. The molecule has 4 rings (SSSR count). The monoisotopic (exact) mass is 424 g/mol. The van der Waals surface area contributed by atoms with Crippen LogP contribution in [0.25, 0.3) is 0 Å². The summed E-state index contributed by atoms with van der Waals surface area (Å²) >= 11 is 0. The van der Waals surface area contributed by atoms with Crippen LogP contribution in [0.5, 0.6) is 5.75 Å². The van der Waals surface area contributed by atoms with Crippen molar-refractivity contribution in [1.82, 2.24) is 4.90 Å². The number of benzene rings is 2. The molecular weight excluding hydrogens is 399 g/mol. The normalized spacial score (nSPS) is 20.5. The van der Waals surface area contributed by atoms with Gasteiger partial charge in [0.2, 0.25) is 17.7 Å². The van der Waals surface area contributed by atoms with Gasteiger partial charge in [-0.15, -0.1) is 0 Å². The van der Waals surface area contributed by atoms with Crippen molar-refractivity contribution < 1.29 is 23.5 Å². The Bertz CT molecular complexity index is 969. The van der Waals surface area contributed by atoms with Crippen LogP contribution >= 0.6 is 0 Å². The van der Waals surface area contributed by atoms with Gasteiger partial charge in [0.25, 0.3) is 0 Å². The van der Waals surface area contributed by atoms with Gasteiger partial charge in [-0.1, -0.05) is 31.0 Å². The van der Waals surface area contributed by atoms with E-state index in [4.69, 9.17) is 4.74 Å². The maximum atomic E-state index is 13.2. The molecule has 2 aromatic rings. The van der Waals surface area contributed by atoms with E-state index in [-0.39, 0.29) is 54.9 Å². The first kappa shape index (κ1) is 21.0. The molecule has 2 aromatic carbocycles. The second-order valence-electron chi connectivity index (χ2n) is 8.07. The topological polar surface area (TPSA) is 75.7 Å². The molecule has 6 nitrogen and oxygen atoms in total. The van der Waals surface area contributed by atoms with Crippen molar-refractivity contribution in [2.45, 2.75) is 38.7 Å². The third-order valence-corrected chi connectivity index (χ3v) is 5.91. The maximum Gasteiger partial charge on any atom is 0.233 e. The number of amides is 3. The lowest BCUT2D eigenvalue weighted by Crippen LogP contribution is -2.34. The van der Waals surface area contributed by atoms with Crippen LogP contribution in [0.1, 0.15) is 37.7 Å². The lowest BCUT2D eigenvalue weighted by Gasteiger charge is -2.19. The number of imide groups is 1. The van der Waals surface area contributed by atoms with E-state index in [0.717, 1.165) is 31.2 Å². The van der Waals surface area contributed by atoms with Gasteiger partial charge in [-0.25, -0.2) is 4.39 Å². The minimum absolute atomic E-state index is 0.0565. The molecular formula is C24H25FN2O4. The molecule has 1 saturated heterocycles. The lowest BCUT2D eigenvalue weighted by atomic mass is 9.81. The minimum Gasteiger partial charge on any atom is -0.489 e. The van der Waals surface area contributed by atoms with E-state index in [1.807, 2.05) is 6.07 Å². The summed E-state index contributed by atoms with van der Waals surface area (Å²) < 4.78 is 18.8. The van der Waals surface area contributed by atoms with Crippen LogP contribution in [-0.4, -0.2) is 29.2 Å². The summed E-state index contributed by atoms with van der Waals surface area (Å²) in [5, 5.41) is 2.80. The molecule has 1 heterocycles. The summed E-state index contributed by atoms with van der Waals surface area (Å²) in [6.45, 7) is 0.339. The zero-order valence-corrected chi connectivity index (χ0v) is 17.2. The number of nitrogens with one attached hydrogen (secondary N) is 1. The first-order valence-electron chi connectivity index (χ1n) is 10.6. The van der Waals surface area contributed by atoms with Crippen molar-refractivity contribution in [3.63, 3.8) is 0 Å². The molecule has 2 unspecified atom stereocenters. The molecule has 0 radical (unpaired) electrons. The standard InChI is InChI=1S/C24H25FN2O4/c25-17-6-4-8-19(14-17)31-15-16-5-3-7-18(13-16)26-22(28)11-12-27-23(29)20-9-1-2-10-21(20)24(27)30/h3-8,13-14,20-21H,1-2,9-12,15H2,(H,26,28). The highest BCUT2D eigenvalue weighted by Crippen LogP contribution is 2.38. The van der Waals surface area contributed by atoms with E-state index in [0.29, 0.717) is 11.4 Å². The fourth-order valence-electron chi connectivity index (χ4n) is 4.35. The van der Waals surface area contributed by atoms with Crippen molar-refractivity contribution in [1.29, 1.82) is 0 Å². The Morgan fingerprint density at radius 3 is 2.45 bits per heavy atom. The zero-order valence-electron chi connectivity index (χ0n) is 17.2. The fraction of sp³-hybridized carbons (Fsp3) is 0.375. The van der Waals surface area contributed by atoms with E-state index in [1.54, 1.807) is 30.3 Å². The predicted molar refractivity (Wildman–Crippen MR) is 113 cm³/mol. The molecule has 1 aliphatic carbocycles. The summed E-state index contributed by atoms with van der Waals surface area (Å²) in [5.41, 5.74) is 1.41. The van der Waals surface area contributed by atoms with Gasteiger partial charge in [-0.05, 0) is 42.7 Å². The summed E-state index contributed by atoms with van der Waals surface area (Å²) in [6, 6.07) is 13.1. The lowest BCUT2D eigenvalue weighted by molar-refractivity contribution is -0.140. The van der Waals surface area contributed by atoms with Crippen LogP contribution in [0.3, 0.4) is 0 Å². The van der Waals surface area contributed by atoms with Gasteiger partial charge >= 0.3 is 0 Å². The van der Waals surface area contributed by atoms with Gasteiger partial charge < -0.3 is 10.1 Å². The van der Waals surface area contributed by atoms with E-state index in [9.17, 15) is 18.8 Å². The number of likely N-dealkylation sites (tertiary alicyclic amines) is 1. The third-order valence-electron chi connectivity index (χ3n) is 5.91. The van der Waals surface area contributed by atoms with Crippen molar-refractivity contribution in [3.05, 3.63) is 59.9 Å². The van der Waals surface area contributed by atoms with E-state index in [2.05, 4.69) is 5.32 Å². The fourth-order valence-corrected chi connectivity index (χ4v) is 4.35. The number of carbonyl (C=O) groups excluding carboxylic acids is 3. The Morgan fingerprint density at radius 2 is 1.74 bits per heavy atom. The predicted octanol–water partition coefficient (Wildman–Crippen LogP) is 3.91. The summed E-state index contributed by atoms with van der Waals surface area (Å²) in [5.74, 6) is -0.850. The number of anilines is 1. The van der Waals surface area contributed by atoms with Crippen LogP contribution in [0.2, 0.25) is 0 Å². The molecule has 3 amide bonds. The van der Waals surface area contributed by atoms with Crippen LogP contribution in [0.15, 0.2) is 48.5 Å². The molecule has 0 spiro atoms. The third kappa shape index (κ3) is 4.93. The number of hydrogen-bond acceptors (Lipinski definition) is 4. The second kappa shape index (κ2) is 9.29. The first-order valence-corrected chi connectivity index (χ1v) is 10.6. The number of rotatable bonds is 7. The quantitative estimate of drug-likeness (QED) is 0.684.